The quantitative estimate of drug-likeness (QED) is 0.707. The van der Waals surface area contributed by atoms with Crippen molar-refractivity contribution in [1.82, 2.24) is 20.0 Å². The van der Waals surface area contributed by atoms with Crippen molar-refractivity contribution < 1.29 is 31.9 Å². The van der Waals surface area contributed by atoms with Gasteiger partial charge in [0.15, 0.2) is 0 Å². The van der Waals surface area contributed by atoms with E-state index in [0.29, 0.717) is 19.5 Å². The fraction of sp³-hybridized carbons (Fsp3) is 0.600. The van der Waals surface area contributed by atoms with Crippen molar-refractivity contribution in [2.75, 3.05) is 45.9 Å². The lowest BCUT2D eigenvalue weighted by atomic mass is 10.0. The minimum absolute atomic E-state index is 0.0193. The lowest BCUT2D eigenvalue weighted by Crippen LogP contribution is -2.63. The first kappa shape index (κ1) is 21.8. The number of piperazine rings is 1. The van der Waals surface area contributed by atoms with E-state index in [2.05, 4.69) is 5.32 Å². The van der Waals surface area contributed by atoms with Gasteiger partial charge in [0, 0.05) is 39.3 Å². The van der Waals surface area contributed by atoms with Crippen molar-refractivity contribution in [3.8, 4) is 0 Å². The summed E-state index contributed by atoms with van der Waals surface area (Å²) in [6, 6.07) is 1.97. The molecule has 0 bridgehead atoms. The molecule has 3 heterocycles. The number of urea groups is 1. The second kappa shape index (κ2) is 8.62. The molecule has 3 saturated heterocycles. The normalized spacial score (nSPS) is 26.3. The van der Waals surface area contributed by atoms with Crippen LogP contribution in [0.5, 0.6) is 0 Å². The molecule has 3 aliphatic heterocycles. The SMILES string of the molecule is O=C1CO[C@H]2CCN(C(=O)N3CCN(C(c4ccc(F)cc4)C(F)(F)F)CC3)C[C@H]2N1. The van der Waals surface area contributed by atoms with Gasteiger partial charge in [-0.1, -0.05) is 12.1 Å². The zero-order valence-corrected chi connectivity index (χ0v) is 16.8. The van der Waals surface area contributed by atoms with Gasteiger partial charge in [-0.2, -0.15) is 13.2 Å². The van der Waals surface area contributed by atoms with Crippen LogP contribution in [0.3, 0.4) is 0 Å². The molecule has 0 aromatic heterocycles. The molecule has 1 aromatic carbocycles. The number of piperidine rings is 1. The van der Waals surface area contributed by atoms with Gasteiger partial charge in [0.1, 0.15) is 18.5 Å². The summed E-state index contributed by atoms with van der Waals surface area (Å²) < 4.78 is 59.9. The Kier molecular flexibility index (Phi) is 6.07. The number of likely N-dealkylation sites (tertiary alicyclic amines) is 1. The second-order valence-corrected chi connectivity index (χ2v) is 8.06. The van der Waals surface area contributed by atoms with Crippen molar-refractivity contribution in [2.45, 2.75) is 30.8 Å². The third-order valence-corrected chi connectivity index (χ3v) is 6.04. The summed E-state index contributed by atoms with van der Waals surface area (Å²) in [7, 11) is 0. The number of ether oxygens (including phenoxy) is 1. The predicted octanol–water partition coefficient (Wildman–Crippen LogP) is 1.76. The smallest absolute Gasteiger partial charge is 0.366 e. The highest BCUT2D eigenvalue weighted by Gasteiger charge is 2.46. The Hall–Kier alpha value is -2.40. The first-order valence-electron chi connectivity index (χ1n) is 10.2. The van der Waals surface area contributed by atoms with Gasteiger partial charge in [0.25, 0.3) is 0 Å². The Morgan fingerprint density at radius 2 is 1.74 bits per heavy atom. The molecule has 3 amide bonds. The summed E-state index contributed by atoms with van der Waals surface area (Å²) in [4.78, 5) is 28.9. The highest BCUT2D eigenvalue weighted by molar-refractivity contribution is 5.79. The van der Waals surface area contributed by atoms with Crippen LogP contribution < -0.4 is 5.32 Å². The summed E-state index contributed by atoms with van der Waals surface area (Å²) in [5, 5.41) is 2.83. The van der Waals surface area contributed by atoms with Crippen molar-refractivity contribution >= 4 is 11.9 Å². The second-order valence-electron chi connectivity index (χ2n) is 8.06. The Bertz CT molecular complexity index is 812. The van der Waals surface area contributed by atoms with Gasteiger partial charge < -0.3 is 19.9 Å². The Morgan fingerprint density at radius 3 is 2.39 bits per heavy atom. The molecule has 1 N–H and O–H groups in total. The lowest BCUT2D eigenvalue weighted by molar-refractivity contribution is -0.189. The van der Waals surface area contributed by atoms with Crippen LogP contribution >= 0.6 is 0 Å². The van der Waals surface area contributed by atoms with Crippen LogP contribution in [-0.4, -0.2) is 90.8 Å². The van der Waals surface area contributed by atoms with Gasteiger partial charge in [-0.05, 0) is 24.1 Å². The molecule has 0 aliphatic carbocycles. The van der Waals surface area contributed by atoms with Gasteiger partial charge in [-0.25, -0.2) is 9.18 Å². The summed E-state index contributed by atoms with van der Waals surface area (Å²) in [6.45, 7) is 1.21. The fourth-order valence-corrected chi connectivity index (χ4v) is 4.50. The molecule has 3 aliphatic rings. The van der Waals surface area contributed by atoms with Crippen molar-refractivity contribution in [3.05, 3.63) is 35.6 Å². The van der Waals surface area contributed by atoms with Gasteiger partial charge in [-0.15, -0.1) is 0 Å². The number of carbonyl (C=O) groups excluding carboxylic acids is 2. The molecule has 0 spiro atoms. The third kappa shape index (κ3) is 4.77. The van der Waals surface area contributed by atoms with Crippen molar-refractivity contribution in [1.29, 1.82) is 0 Å². The van der Waals surface area contributed by atoms with Crippen LogP contribution in [-0.2, 0) is 9.53 Å². The molecule has 0 radical (unpaired) electrons. The minimum atomic E-state index is -4.52. The molecule has 7 nitrogen and oxygen atoms in total. The maximum absolute atomic E-state index is 13.8. The number of fused-ring (bicyclic) bond motifs is 1. The summed E-state index contributed by atoms with van der Waals surface area (Å²) >= 11 is 0. The molecule has 3 atom stereocenters. The van der Waals surface area contributed by atoms with Crippen LogP contribution in [0.4, 0.5) is 22.4 Å². The van der Waals surface area contributed by atoms with E-state index in [1.807, 2.05) is 0 Å². The molecule has 11 heteroatoms. The van der Waals surface area contributed by atoms with E-state index in [-0.39, 0.29) is 62.4 Å². The maximum Gasteiger partial charge on any atom is 0.408 e. The number of carbonyl (C=O) groups is 2. The molecule has 170 valence electrons. The lowest BCUT2D eigenvalue weighted by Gasteiger charge is -2.44. The van der Waals surface area contributed by atoms with Gasteiger partial charge in [-0.3, -0.25) is 9.69 Å². The van der Waals surface area contributed by atoms with E-state index < -0.39 is 18.0 Å². The van der Waals surface area contributed by atoms with Gasteiger partial charge in [0.05, 0.1) is 12.1 Å². The van der Waals surface area contributed by atoms with E-state index in [0.717, 1.165) is 24.3 Å². The Labute approximate surface area is 176 Å². The summed E-state index contributed by atoms with van der Waals surface area (Å²) in [5.41, 5.74) is -0.0243. The highest BCUT2D eigenvalue weighted by atomic mass is 19.4. The highest BCUT2D eigenvalue weighted by Crippen LogP contribution is 2.38. The monoisotopic (exact) mass is 444 g/mol. The number of rotatable bonds is 2. The number of morpholine rings is 1. The zero-order valence-electron chi connectivity index (χ0n) is 16.8. The van der Waals surface area contributed by atoms with E-state index >= 15 is 0 Å². The molecule has 1 aromatic rings. The number of hydrogen-bond donors (Lipinski definition) is 1. The standard InChI is InChI=1S/C20H24F4N4O3/c21-14-3-1-13(2-4-14)18(20(22,23)24)26-7-9-27(10-8-26)19(30)28-6-5-16-15(11-28)25-17(29)12-31-16/h1-4,15-16,18H,5-12H2,(H,25,29)/t15-,16+,18?/m1/s1. The Balaban J connectivity index is 1.37. The van der Waals surface area contributed by atoms with E-state index in [9.17, 15) is 27.2 Å². The van der Waals surface area contributed by atoms with Crippen LogP contribution in [0.25, 0.3) is 0 Å². The van der Waals surface area contributed by atoms with Crippen LogP contribution in [0.2, 0.25) is 0 Å². The number of nitrogens with one attached hydrogen (secondary N) is 1. The third-order valence-electron chi connectivity index (χ3n) is 6.04. The number of benzene rings is 1. The molecule has 4 rings (SSSR count). The first-order chi connectivity index (χ1) is 14.7. The number of alkyl halides is 3. The molecule has 31 heavy (non-hydrogen) atoms. The van der Waals surface area contributed by atoms with Gasteiger partial charge in [0.2, 0.25) is 5.91 Å². The topological polar surface area (TPSA) is 65.1 Å². The van der Waals surface area contributed by atoms with E-state index in [4.69, 9.17) is 4.74 Å². The molecule has 0 saturated carbocycles. The molecule has 1 unspecified atom stereocenters. The number of nitrogens with zero attached hydrogens (tertiary/aromatic N) is 3. The zero-order chi connectivity index (χ0) is 22.2. The minimum Gasteiger partial charge on any atom is -0.366 e. The largest absolute Gasteiger partial charge is 0.408 e. The Morgan fingerprint density at radius 1 is 1.06 bits per heavy atom. The van der Waals surface area contributed by atoms with Crippen LogP contribution in [0.15, 0.2) is 24.3 Å². The van der Waals surface area contributed by atoms with E-state index in [1.165, 1.54) is 4.90 Å². The number of hydrogen-bond acceptors (Lipinski definition) is 4. The predicted molar refractivity (Wildman–Crippen MR) is 102 cm³/mol. The maximum atomic E-state index is 13.8. The van der Waals surface area contributed by atoms with Crippen molar-refractivity contribution in [2.24, 2.45) is 0 Å². The molecular formula is C20H24F4N4O3. The van der Waals surface area contributed by atoms with Crippen LogP contribution in [0.1, 0.15) is 18.0 Å². The fourth-order valence-electron chi connectivity index (χ4n) is 4.50. The van der Waals surface area contributed by atoms with Crippen LogP contribution in [0, 0.1) is 5.82 Å². The number of amides is 3. The average molecular weight is 444 g/mol. The first-order valence-corrected chi connectivity index (χ1v) is 10.2. The van der Waals surface area contributed by atoms with Gasteiger partial charge >= 0.3 is 12.2 Å². The average Bonchev–Trinajstić information content (AvgIpc) is 2.74. The molecular weight excluding hydrogens is 420 g/mol. The van der Waals surface area contributed by atoms with E-state index in [1.54, 1.807) is 9.80 Å². The van der Waals surface area contributed by atoms with Crippen molar-refractivity contribution in [3.63, 3.8) is 0 Å². The summed E-state index contributed by atoms with van der Waals surface area (Å²) in [5.74, 6) is -0.813. The number of halogens is 4. The molecule has 3 fully saturated rings. The summed E-state index contributed by atoms with van der Waals surface area (Å²) in [6.07, 6.45) is -4.05.